The Bertz CT molecular complexity index is 1430. The van der Waals surface area contributed by atoms with Crippen molar-refractivity contribution in [3.8, 4) is 6.07 Å². The normalized spacial score (nSPS) is 18.4. The average molecular weight is 596 g/mol. The molecule has 2 N–H and O–H groups in total. The second kappa shape index (κ2) is 10.7. The maximum atomic E-state index is 13.1. The van der Waals surface area contributed by atoms with Gasteiger partial charge < -0.3 is 10.6 Å². The SMILES string of the molecule is Cc1cc(C(C)C#N)ccc1NC(=O)c1cc(NC(=O)C2C(c3cc(Cl)cc(Cl)c3)C2(Cl)Cl)ccc1Cl. The number of benzene rings is 3. The zero-order valence-electron chi connectivity index (χ0n) is 19.6. The smallest absolute Gasteiger partial charge is 0.257 e. The molecule has 1 saturated carbocycles. The van der Waals surface area contributed by atoms with Crippen LogP contribution in [0.2, 0.25) is 15.1 Å². The highest BCUT2D eigenvalue weighted by atomic mass is 35.5. The zero-order chi connectivity index (χ0) is 27.1. The Morgan fingerprint density at radius 1 is 0.973 bits per heavy atom. The molecule has 1 fully saturated rings. The topological polar surface area (TPSA) is 82.0 Å². The lowest BCUT2D eigenvalue weighted by molar-refractivity contribution is -0.117. The van der Waals surface area contributed by atoms with E-state index in [1.807, 2.05) is 13.0 Å². The fourth-order valence-corrected chi connectivity index (χ4v) is 5.75. The van der Waals surface area contributed by atoms with Crippen LogP contribution in [0.5, 0.6) is 0 Å². The highest BCUT2D eigenvalue weighted by molar-refractivity contribution is 6.53. The minimum absolute atomic E-state index is 0.172. The zero-order valence-corrected chi connectivity index (χ0v) is 23.4. The number of anilines is 2. The summed E-state index contributed by atoms with van der Waals surface area (Å²) in [5, 5.41) is 15.8. The van der Waals surface area contributed by atoms with Crippen molar-refractivity contribution in [1.29, 1.82) is 5.26 Å². The van der Waals surface area contributed by atoms with E-state index in [1.54, 1.807) is 43.3 Å². The van der Waals surface area contributed by atoms with Gasteiger partial charge in [-0.1, -0.05) is 46.9 Å². The summed E-state index contributed by atoms with van der Waals surface area (Å²) < 4.78 is -1.34. The van der Waals surface area contributed by atoms with Crippen LogP contribution in [0, 0.1) is 24.2 Å². The average Bonchev–Trinajstić information content (AvgIpc) is 3.42. The third kappa shape index (κ3) is 5.85. The molecule has 0 aromatic heterocycles. The van der Waals surface area contributed by atoms with Crippen molar-refractivity contribution >= 4 is 81.2 Å². The summed E-state index contributed by atoms with van der Waals surface area (Å²) in [4.78, 5) is 26.1. The predicted molar refractivity (Wildman–Crippen MR) is 150 cm³/mol. The summed E-state index contributed by atoms with van der Waals surface area (Å²) in [6.45, 7) is 3.64. The first-order chi connectivity index (χ1) is 17.4. The van der Waals surface area contributed by atoms with E-state index in [1.165, 1.54) is 12.1 Å². The van der Waals surface area contributed by atoms with E-state index in [2.05, 4.69) is 16.7 Å². The van der Waals surface area contributed by atoms with Gasteiger partial charge in [0.05, 0.1) is 28.5 Å². The van der Waals surface area contributed by atoms with Crippen molar-refractivity contribution < 1.29 is 9.59 Å². The lowest BCUT2D eigenvalue weighted by atomic mass is 10.00. The van der Waals surface area contributed by atoms with Crippen LogP contribution in [0.25, 0.3) is 0 Å². The van der Waals surface area contributed by atoms with Gasteiger partial charge in [0.15, 0.2) is 0 Å². The van der Waals surface area contributed by atoms with Crippen molar-refractivity contribution in [2.24, 2.45) is 5.92 Å². The van der Waals surface area contributed by atoms with Gasteiger partial charge in [-0.3, -0.25) is 9.59 Å². The standard InChI is InChI=1S/C27H20Cl5N3O2/c1-13-7-15(14(2)12-33)3-6-22(13)35-25(36)20-11-19(4-5-21(20)30)34-26(37)24-23(27(24,31)32)16-8-17(28)10-18(29)9-16/h3-11,14,23-24H,1-2H3,(H,34,37)(H,35,36). The van der Waals surface area contributed by atoms with E-state index >= 15 is 0 Å². The van der Waals surface area contributed by atoms with Crippen molar-refractivity contribution in [3.05, 3.63) is 91.9 Å². The molecule has 1 aliphatic rings. The molecule has 0 aliphatic heterocycles. The molecule has 0 radical (unpaired) electrons. The molecule has 37 heavy (non-hydrogen) atoms. The Balaban J connectivity index is 1.50. The summed E-state index contributed by atoms with van der Waals surface area (Å²) in [6.07, 6.45) is 0. The largest absolute Gasteiger partial charge is 0.326 e. The summed E-state index contributed by atoms with van der Waals surface area (Å²) in [6, 6.07) is 17.1. The van der Waals surface area contributed by atoms with E-state index in [0.717, 1.165) is 11.1 Å². The maximum absolute atomic E-state index is 13.1. The Morgan fingerprint density at radius 2 is 1.65 bits per heavy atom. The van der Waals surface area contributed by atoms with E-state index in [9.17, 15) is 9.59 Å². The molecule has 1 aliphatic carbocycles. The fourth-order valence-electron chi connectivity index (χ4n) is 4.18. The van der Waals surface area contributed by atoms with Gasteiger partial charge in [-0.05, 0) is 73.0 Å². The van der Waals surface area contributed by atoms with Gasteiger partial charge in [-0.15, -0.1) is 23.2 Å². The second-order valence-electron chi connectivity index (χ2n) is 8.90. The molecule has 3 aromatic carbocycles. The number of carbonyl (C=O) groups is 2. The van der Waals surface area contributed by atoms with Gasteiger partial charge in [0.1, 0.15) is 4.33 Å². The Labute approximate surface area is 239 Å². The second-order valence-corrected chi connectivity index (χ2v) is 11.6. The lowest BCUT2D eigenvalue weighted by Gasteiger charge is -2.13. The Hall–Kier alpha value is -2.46. The number of hydrogen-bond donors (Lipinski definition) is 2. The number of nitriles is 1. The van der Waals surface area contributed by atoms with Crippen LogP contribution < -0.4 is 10.6 Å². The summed E-state index contributed by atoms with van der Waals surface area (Å²) in [7, 11) is 0. The van der Waals surface area contributed by atoms with Gasteiger partial charge in [-0.25, -0.2) is 0 Å². The first-order valence-electron chi connectivity index (χ1n) is 11.2. The number of rotatable bonds is 6. The molecule has 0 bridgehead atoms. The Morgan fingerprint density at radius 3 is 2.27 bits per heavy atom. The summed E-state index contributed by atoms with van der Waals surface area (Å²) >= 11 is 31.4. The number of nitrogens with one attached hydrogen (secondary N) is 2. The number of halogens is 5. The van der Waals surface area contributed by atoms with Crippen LogP contribution in [0.4, 0.5) is 11.4 Å². The third-order valence-electron chi connectivity index (χ3n) is 6.25. The van der Waals surface area contributed by atoms with Gasteiger partial charge in [0, 0.05) is 27.3 Å². The molecule has 5 nitrogen and oxygen atoms in total. The summed E-state index contributed by atoms with van der Waals surface area (Å²) in [5.41, 5.74) is 3.42. The van der Waals surface area contributed by atoms with Crippen LogP contribution in [0.3, 0.4) is 0 Å². The highest BCUT2D eigenvalue weighted by Crippen LogP contribution is 2.65. The van der Waals surface area contributed by atoms with Crippen LogP contribution in [-0.4, -0.2) is 16.1 Å². The third-order valence-corrected chi connectivity index (χ3v) is 7.96. The van der Waals surface area contributed by atoms with Gasteiger partial charge >= 0.3 is 0 Å². The molecule has 190 valence electrons. The number of nitrogens with zero attached hydrogens (tertiary/aromatic N) is 1. The van der Waals surface area contributed by atoms with Gasteiger partial charge in [0.25, 0.3) is 5.91 Å². The maximum Gasteiger partial charge on any atom is 0.257 e. The minimum atomic E-state index is -1.34. The highest BCUT2D eigenvalue weighted by Gasteiger charge is 2.67. The molecule has 10 heteroatoms. The summed E-state index contributed by atoms with van der Waals surface area (Å²) in [5.74, 6) is -2.39. The Kier molecular flexibility index (Phi) is 7.99. The first-order valence-corrected chi connectivity index (χ1v) is 13.1. The van der Waals surface area contributed by atoms with Crippen molar-refractivity contribution in [3.63, 3.8) is 0 Å². The molecule has 3 atom stereocenters. The number of amides is 2. The number of carbonyl (C=O) groups excluding carboxylic acids is 2. The minimum Gasteiger partial charge on any atom is -0.326 e. The van der Waals surface area contributed by atoms with Gasteiger partial charge in [-0.2, -0.15) is 5.26 Å². The molecular formula is C27H20Cl5N3O2. The molecule has 3 unspecified atom stereocenters. The molecule has 3 aromatic rings. The number of hydrogen-bond acceptors (Lipinski definition) is 3. The molecule has 0 heterocycles. The van der Waals surface area contributed by atoms with Crippen molar-refractivity contribution in [2.45, 2.75) is 30.0 Å². The molecule has 0 saturated heterocycles. The van der Waals surface area contributed by atoms with Crippen LogP contribution in [0.15, 0.2) is 54.6 Å². The van der Waals surface area contributed by atoms with E-state index in [4.69, 9.17) is 63.3 Å². The van der Waals surface area contributed by atoms with Crippen LogP contribution in [-0.2, 0) is 4.79 Å². The quantitative estimate of drug-likeness (QED) is 0.281. The monoisotopic (exact) mass is 593 g/mol. The van der Waals surface area contributed by atoms with Crippen molar-refractivity contribution in [1.82, 2.24) is 0 Å². The van der Waals surface area contributed by atoms with E-state index < -0.39 is 28.0 Å². The van der Waals surface area contributed by atoms with Crippen LogP contribution >= 0.6 is 58.0 Å². The molecular weight excluding hydrogens is 576 g/mol. The number of alkyl halides is 2. The van der Waals surface area contributed by atoms with Crippen molar-refractivity contribution in [2.75, 3.05) is 10.6 Å². The molecule has 4 rings (SSSR count). The molecule has 0 spiro atoms. The predicted octanol–water partition coefficient (Wildman–Crippen LogP) is 8.36. The number of aryl methyl sites for hydroxylation is 1. The van der Waals surface area contributed by atoms with Crippen LogP contribution in [0.1, 0.15) is 45.8 Å². The van der Waals surface area contributed by atoms with E-state index in [0.29, 0.717) is 27.0 Å². The first kappa shape index (κ1) is 27.6. The molecule has 2 amide bonds. The fraction of sp³-hybridized carbons (Fsp3) is 0.222. The lowest BCUT2D eigenvalue weighted by Crippen LogP contribution is -2.18. The van der Waals surface area contributed by atoms with Gasteiger partial charge in [0.2, 0.25) is 5.91 Å². The van der Waals surface area contributed by atoms with E-state index in [-0.39, 0.29) is 16.5 Å².